The van der Waals surface area contributed by atoms with Crippen LogP contribution < -0.4 is 0 Å². The first-order valence-electron chi connectivity index (χ1n) is 6.61. The van der Waals surface area contributed by atoms with Crippen LogP contribution in [0.1, 0.15) is 5.56 Å². The summed E-state index contributed by atoms with van der Waals surface area (Å²) in [6, 6.07) is 16.1. The fraction of sp³-hybridized carbons (Fsp3) is 0.0625. The first-order valence-corrected chi connectivity index (χ1v) is 9.13. The molecule has 0 fully saturated rings. The number of halogens is 1. The van der Waals surface area contributed by atoms with Crippen LogP contribution in [0.4, 0.5) is 0 Å². The molecule has 0 atom stereocenters. The zero-order valence-electron chi connectivity index (χ0n) is 11.8. The number of imidazole rings is 1. The molecule has 4 nitrogen and oxygen atoms in total. The molecule has 0 aliphatic heterocycles. The van der Waals surface area contributed by atoms with Crippen molar-refractivity contribution in [2.45, 2.75) is 11.8 Å². The van der Waals surface area contributed by atoms with E-state index in [1.165, 1.54) is 10.2 Å². The summed E-state index contributed by atoms with van der Waals surface area (Å²) in [6.45, 7) is 1.92. The molecule has 0 unspecified atom stereocenters. The largest absolute Gasteiger partial charge is 0.269 e. The van der Waals surface area contributed by atoms with Gasteiger partial charge in [-0.1, -0.05) is 48.0 Å². The Bertz CT molecular complexity index is 901. The van der Waals surface area contributed by atoms with Crippen LogP contribution in [0.2, 0.25) is 0 Å². The number of hydrogen-bond acceptors (Lipinski definition) is 3. The third-order valence-corrected chi connectivity index (χ3v) is 5.44. The van der Waals surface area contributed by atoms with Gasteiger partial charge in [0.2, 0.25) is 0 Å². The van der Waals surface area contributed by atoms with Gasteiger partial charge in [0.05, 0.1) is 11.1 Å². The first kappa shape index (κ1) is 15.2. The standard InChI is InChI=1S/C16H13IN2O2S/c1-12-7-9-14(10-8-12)22(20,21)19-11-15(17)18-16(19)13-5-3-2-4-6-13/h2-11H,1H3. The summed E-state index contributed by atoms with van der Waals surface area (Å²) >= 11 is 2.02. The van der Waals surface area contributed by atoms with Crippen molar-refractivity contribution in [1.82, 2.24) is 8.96 Å². The molecule has 0 aliphatic carbocycles. The fourth-order valence-electron chi connectivity index (χ4n) is 2.12. The highest BCUT2D eigenvalue weighted by atomic mass is 127. The molecule has 0 N–H and O–H groups in total. The molecule has 112 valence electrons. The van der Waals surface area contributed by atoms with E-state index in [9.17, 15) is 8.42 Å². The Labute approximate surface area is 143 Å². The molecule has 3 rings (SSSR count). The molecule has 1 heterocycles. The summed E-state index contributed by atoms with van der Waals surface area (Å²) in [4.78, 5) is 4.61. The molecule has 22 heavy (non-hydrogen) atoms. The molecule has 6 heteroatoms. The quantitative estimate of drug-likeness (QED) is 0.603. The van der Waals surface area contributed by atoms with Crippen molar-refractivity contribution in [2.24, 2.45) is 0 Å². The maximum atomic E-state index is 12.9. The number of aryl methyl sites for hydroxylation is 1. The molecule has 0 amide bonds. The zero-order valence-corrected chi connectivity index (χ0v) is 14.7. The SMILES string of the molecule is Cc1ccc(S(=O)(=O)n2cc(I)nc2-c2ccccc2)cc1. The number of aromatic nitrogens is 2. The summed E-state index contributed by atoms with van der Waals surface area (Å²) < 4.78 is 27.6. The molecule has 0 aliphatic rings. The third-order valence-electron chi connectivity index (χ3n) is 3.26. The summed E-state index contributed by atoms with van der Waals surface area (Å²) in [5, 5.41) is 0. The van der Waals surface area contributed by atoms with E-state index in [-0.39, 0.29) is 4.90 Å². The Kier molecular flexibility index (Phi) is 4.05. The molecule has 0 saturated carbocycles. The number of hydrogen-bond donors (Lipinski definition) is 0. The van der Waals surface area contributed by atoms with Gasteiger partial charge in [-0.3, -0.25) is 0 Å². The second-order valence-electron chi connectivity index (χ2n) is 4.87. The Balaban J connectivity index is 2.18. The molecule has 0 spiro atoms. The van der Waals surface area contributed by atoms with Gasteiger partial charge in [0.15, 0.2) is 5.82 Å². The van der Waals surface area contributed by atoms with Crippen molar-refractivity contribution in [3.05, 3.63) is 70.1 Å². The molecule has 1 aromatic heterocycles. The lowest BCUT2D eigenvalue weighted by molar-refractivity contribution is 0.588. The highest BCUT2D eigenvalue weighted by Crippen LogP contribution is 2.25. The van der Waals surface area contributed by atoms with E-state index in [4.69, 9.17) is 0 Å². The second kappa shape index (κ2) is 5.85. The summed E-state index contributed by atoms with van der Waals surface area (Å²) in [6.07, 6.45) is 1.54. The lowest BCUT2D eigenvalue weighted by atomic mass is 10.2. The molecule has 0 radical (unpaired) electrons. The molecular weight excluding hydrogens is 411 g/mol. The first-order chi connectivity index (χ1) is 10.5. The van der Waals surface area contributed by atoms with Gasteiger partial charge >= 0.3 is 0 Å². The Hall–Kier alpha value is -1.67. The van der Waals surface area contributed by atoms with E-state index in [2.05, 4.69) is 4.98 Å². The van der Waals surface area contributed by atoms with Crippen molar-refractivity contribution in [1.29, 1.82) is 0 Å². The Morgan fingerprint density at radius 1 is 1.00 bits per heavy atom. The average molecular weight is 424 g/mol. The van der Waals surface area contributed by atoms with Crippen molar-refractivity contribution in [3.8, 4) is 11.4 Å². The molecule has 0 saturated heterocycles. The second-order valence-corrected chi connectivity index (χ2v) is 7.79. The molecule has 2 aromatic carbocycles. The zero-order chi connectivity index (χ0) is 15.7. The number of benzene rings is 2. The van der Waals surface area contributed by atoms with Gasteiger partial charge in [0.25, 0.3) is 10.0 Å². The van der Waals surface area contributed by atoms with Crippen molar-refractivity contribution in [3.63, 3.8) is 0 Å². The van der Waals surface area contributed by atoms with Crippen molar-refractivity contribution >= 4 is 32.6 Å². The Morgan fingerprint density at radius 3 is 2.27 bits per heavy atom. The van der Waals surface area contributed by atoms with Gasteiger partial charge in [0.1, 0.15) is 3.70 Å². The number of nitrogens with zero attached hydrogens (tertiary/aromatic N) is 2. The van der Waals surface area contributed by atoms with Gasteiger partial charge in [-0.2, -0.15) is 0 Å². The highest BCUT2D eigenvalue weighted by Gasteiger charge is 2.22. The topological polar surface area (TPSA) is 52.0 Å². The fourth-order valence-corrected chi connectivity index (χ4v) is 4.14. The minimum absolute atomic E-state index is 0.254. The van der Waals surface area contributed by atoms with Crippen LogP contribution in [0.25, 0.3) is 11.4 Å². The maximum Gasteiger partial charge on any atom is 0.269 e. The normalized spacial score (nSPS) is 11.5. The van der Waals surface area contributed by atoms with E-state index >= 15 is 0 Å². The highest BCUT2D eigenvalue weighted by molar-refractivity contribution is 14.1. The van der Waals surface area contributed by atoms with Crippen LogP contribution in [0.15, 0.2) is 65.7 Å². The van der Waals surface area contributed by atoms with Gasteiger partial charge in [-0.05, 0) is 41.6 Å². The molecule has 0 bridgehead atoms. The van der Waals surface area contributed by atoms with E-state index < -0.39 is 10.0 Å². The van der Waals surface area contributed by atoms with Gasteiger partial charge in [-0.15, -0.1) is 0 Å². The predicted molar refractivity (Wildman–Crippen MR) is 94.1 cm³/mol. The monoisotopic (exact) mass is 424 g/mol. The molecular formula is C16H13IN2O2S. The average Bonchev–Trinajstić information content (AvgIpc) is 2.91. The van der Waals surface area contributed by atoms with Gasteiger partial charge < -0.3 is 0 Å². The number of rotatable bonds is 3. The van der Waals surface area contributed by atoms with Crippen molar-refractivity contribution in [2.75, 3.05) is 0 Å². The van der Waals surface area contributed by atoms with Crippen LogP contribution in [-0.2, 0) is 10.0 Å². The van der Waals surface area contributed by atoms with Gasteiger partial charge in [0, 0.05) is 5.56 Å². The lowest BCUT2D eigenvalue weighted by Gasteiger charge is -2.09. The van der Waals surface area contributed by atoms with Crippen molar-refractivity contribution < 1.29 is 8.42 Å². The minimum atomic E-state index is -3.66. The maximum absolute atomic E-state index is 12.9. The lowest BCUT2D eigenvalue weighted by Crippen LogP contribution is -2.13. The smallest absolute Gasteiger partial charge is 0.221 e. The van der Waals surface area contributed by atoms with Crippen LogP contribution in [0, 0.1) is 10.6 Å². The predicted octanol–water partition coefficient (Wildman–Crippen LogP) is 3.70. The van der Waals surface area contributed by atoms with E-state index in [0.29, 0.717) is 9.53 Å². The summed E-state index contributed by atoms with van der Waals surface area (Å²) in [5.41, 5.74) is 1.78. The van der Waals surface area contributed by atoms with Crippen LogP contribution in [0.5, 0.6) is 0 Å². The van der Waals surface area contributed by atoms with Gasteiger partial charge in [-0.25, -0.2) is 17.4 Å². The summed E-state index contributed by atoms with van der Waals surface area (Å²) in [7, 11) is -3.66. The van der Waals surface area contributed by atoms with E-state index in [1.54, 1.807) is 24.3 Å². The Morgan fingerprint density at radius 2 is 1.64 bits per heavy atom. The van der Waals surface area contributed by atoms with Crippen LogP contribution in [-0.4, -0.2) is 17.4 Å². The molecule has 3 aromatic rings. The summed E-state index contributed by atoms with van der Waals surface area (Å²) in [5.74, 6) is 0.422. The van der Waals surface area contributed by atoms with E-state index in [0.717, 1.165) is 11.1 Å². The van der Waals surface area contributed by atoms with Crippen LogP contribution >= 0.6 is 22.6 Å². The van der Waals surface area contributed by atoms with E-state index in [1.807, 2.05) is 59.8 Å². The minimum Gasteiger partial charge on any atom is -0.221 e. The van der Waals surface area contributed by atoms with Crippen LogP contribution in [0.3, 0.4) is 0 Å². The third kappa shape index (κ3) is 2.80.